The van der Waals surface area contributed by atoms with E-state index in [1.54, 1.807) is 14.2 Å². The second-order valence-corrected chi connectivity index (χ2v) is 6.24. The second-order valence-electron chi connectivity index (χ2n) is 6.24. The molecule has 5 nitrogen and oxygen atoms in total. The fourth-order valence-corrected chi connectivity index (χ4v) is 3.89. The highest BCUT2D eigenvalue weighted by molar-refractivity contribution is 5.82. The molecule has 3 rings (SSSR count). The number of carbonyl (C=O) groups is 2. The Morgan fingerprint density at radius 1 is 1.27 bits per heavy atom. The maximum Gasteiger partial charge on any atom is 0.224 e. The van der Waals surface area contributed by atoms with E-state index in [0.717, 1.165) is 23.8 Å². The van der Waals surface area contributed by atoms with Crippen molar-refractivity contribution in [3.63, 3.8) is 0 Å². The predicted molar refractivity (Wildman–Crippen MR) is 81.1 cm³/mol. The van der Waals surface area contributed by atoms with Crippen molar-refractivity contribution in [2.24, 2.45) is 5.92 Å². The first-order valence-electron chi connectivity index (χ1n) is 7.54. The number of ether oxygens (including phenoxy) is 2. The smallest absolute Gasteiger partial charge is 0.224 e. The van der Waals surface area contributed by atoms with Gasteiger partial charge in [0.15, 0.2) is 11.5 Å². The van der Waals surface area contributed by atoms with Crippen molar-refractivity contribution in [3.05, 3.63) is 23.3 Å². The minimum Gasteiger partial charge on any atom is -0.493 e. The van der Waals surface area contributed by atoms with E-state index in [4.69, 9.17) is 9.47 Å². The summed E-state index contributed by atoms with van der Waals surface area (Å²) in [7, 11) is 3.22. The van der Waals surface area contributed by atoms with E-state index in [0.29, 0.717) is 30.9 Å². The fourth-order valence-electron chi connectivity index (χ4n) is 3.89. The van der Waals surface area contributed by atoms with E-state index in [-0.39, 0.29) is 11.8 Å². The van der Waals surface area contributed by atoms with Crippen molar-refractivity contribution < 1.29 is 19.1 Å². The van der Waals surface area contributed by atoms with Gasteiger partial charge in [-0.15, -0.1) is 0 Å². The van der Waals surface area contributed by atoms with Crippen LogP contribution in [0.3, 0.4) is 0 Å². The maximum absolute atomic E-state index is 12.4. The average molecular weight is 303 g/mol. The highest BCUT2D eigenvalue weighted by Crippen LogP contribution is 2.47. The third kappa shape index (κ3) is 2.07. The third-order valence-corrected chi connectivity index (χ3v) is 4.98. The van der Waals surface area contributed by atoms with Gasteiger partial charge >= 0.3 is 0 Å². The van der Waals surface area contributed by atoms with Crippen LogP contribution in [0.15, 0.2) is 12.1 Å². The van der Waals surface area contributed by atoms with Gasteiger partial charge in [0.2, 0.25) is 5.91 Å². The molecule has 0 radical (unpaired) electrons. The Kier molecular flexibility index (Phi) is 3.59. The molecule has 2 heterocycles. The number of aldehydes is 1. The van der Waals surface area contributed by atoms with Crippen LogP contribution in [0.4, 0.5) is 0 Å². The van der Waals surface area contributed by atoms with Crippen LogP contribution < -0.4 is 9.47 Å². The molecule has 22 heavy (non-hydrogen) atoms. The van der Waals surface area contributed by atoms with Crippen molar-refractivity contribution in [1.82, 2.24) is 4.90 Å². The zero-order valence-corrected chi connectivity index (χ0v) is 13.2. The van der Waals surface area contributed by atoms with Gasteiger partial charge in [-0.3, -0.25) is 4.79 Å². The molecule has 1 saturated heterocycles. The van der Waals surface area contributed by atoms with E-state index >= 15 is 0 Å². The molecule has 0 spiro atoms. The number of methoxy groups -OCH3 is 2. The van der Waals surface area contributed by atoms with Gasteiger partial charge in [0, 0.05) is 18.9 Å². The molecule has 0 bridgehead atoms. The normalized spacial score (nSPS) is 27.0. The van der Waals surface area contributed by atoms with Crippen molar-refractivity contribution in [2.45, 2.75) is 31.7 Å². The van der Waals surface area contributed by atoms with Crippen LogP contribution in [0.5, 0.6) is 11.5 Å². The lowest BCUT2D eigenvalue weighted by Crippen LogP contribution is -2.56. The summed E-state index contributed by atoms with van der Waals surface area (Å²) < 4.78 is 10.8. The molecule has 1 fully saturated rings. The lowest BCUT2D eigenvalue weighted by Gasteiger charge is -2.50. The van der Waals surface area contributed by atoms with Crippen molar-refractivity contribution in [3.8, 4) is 11.5 Å². The first-order valence-corrected chi connectivity index (χ1v) is 7.54. The van der Waals surface area contributed by atoms with Gasteiger partial charge in [0.05, 0.1) is 19.8 Å². The zero-order chi connectivity index (χ0) is 15.9. The number of rotatable bonds is 3. The summed E-state index contributed by atoms with van der Waals surface area (Å²) in [6, 6.07) is 3.95. The van der Waals surface area contributed by atoms with Crippen molar-refractivity contribution >= 4 is 12.2 Å². The summed E-state index contributed by atoms with van der Waals surface area (Å²) in [6.45, 7) is 2.73. The van der Waals surface area contributed by atoms with E-state index in [1.165, 1.54) is 0 Å². The Morgan fingerprint density at radius 3 is 2.59 bits per heavy atom. The van der Waals surface area contributed by atoms with Crippen LogP contribution in [0, 0.1) is 5.92 Å². The number of nitrogens with zero attached hydrogens (tertiary/aromatic N) is 1. The van der Waals surface area contributed by atoms with E-state index < -0.39 is 5.54 Å². The quantitative estimate of drug-likeness (QED) is 0.801. The summed E-state index contributed by atoms with van der Waals surface area (Å²) in [5.74, 6) is 1.21. The van der Waals surface area contributed by atoms with E-state index in [1.807, 2.05) is 24.0 Å². The highest BCUT2D eigenvalue weighted by Gasteiger charge is 2.47. The molecule has 2 atom stereocenters. The van der Waals surface area contributed by atoms with Gasteiger partial charge in [-0.05, 0) is 43.0 Å². The molecule has 0 aliphatic carbocycles. The first kappa shape index (κ1) is 14.9. The molecule has 5 heteroatoms. The molecule has 0 saturated carbocycles. The Labute approximate surface area is 130 Å². The van der Waals surface area contributed by atoms with Crippen molar-refractivity contribution in [2.75, 3.05) is 20.8 Å². The largest absolute Gasteiger partial charge is 0.493 e. The third-order valence-electron chi connectivity index (χ3n) is 4.98. The topological polar surface area (TPSA) is 55.8 Å². The Bertz CT molecular complexity index is 627. The highest BCUT2D eigenvalue weighted by atomic mass is 16.5. The number of amides is 1. The number of carbonyl (C=O) groups excluding carboxylic acids is 2. The monoisotopic (exact) mass is 303 g/mol. The fraction of sp³-hybridized carbons (Fsp3) is 0.529. The number of fused-ring (bicyclic) bond motifs is 3. The van der Waals surface area contributed by atoms with Gasteiger partial charge in [-0.25, -0.2) is 0 Å². The van der Waals surface area contributed by atoms with Gasteiger partial charge in [-0.2, -0.15) is 0 Å². The number of benzene rings is 1. The van der Waals surface area contributed by atoms with Crippen LogP contribution in [-0.2, 0) is 21.5 Å². The molecule has 1 aromatic rings. The molecule has 0 unspecified atom stereocenters. The van der Waals surface area contributed by atoms with Crippen LogP contribution in [0.2, 0.25) is 0 Å². The molecule has 0 N–H and O–H groups in total. The lowest BCUT2D eigenvalue weighted by molar-refractivity contribution is -0.147. The van der Waals surface area contributed by atoms with Gasteiger partial charge in [0.1, 0.15) is 6.29 Å². The van der Waals surface area contributed by atoms with Gasteiger partial charge < -0.3 is 19.2 Å². The molecule has 0 aromatic heterocycles. The Balaban J connectivity index is 2.13. The van der Waals surface area contributed by atoms with E-state index in [2.05, 4.69) is 0 Å². The summed E-state index contributed by atoms with van der Waals surface area (Å²) in [6.07, 6.45) is 2.69. The molecule has 2 aliphatic rings. The van der Waals surface area contributed by atoms with Gasteiger partial charge in [-0.1, -0.05) is 0 Å². The Hall–Kier alpha value is -2.04. The zero-order valence-electron chi connectivity index (χ0n) is 13.2. The SMILES string of the molecule is COc1cc2c(cc1OC)[C@@]1(C)C[C@@H](C=O)CC(=O)N1CC2. The number of piperidine rings is 1. The maximum atomic E-state index is 12.4. The summed E-state index contributed by atoms with van der Waals surface area (Å²) in [5.41, 5.74) is 1.78. The summed E-state index contributed by atoms with van der Waals surface area (Å²) in [4.78, 5) is 25.6. The lowest BCUT2D eigenvalue weighted by atomic mass is 9.72. The summed E-state index contributed by atoms with van der Waals surface area (Å²) in [5, 5.41) is 0. The second kappa shape index (κ2) is 5.30. The van der Waals surface area contributed by atoms with Crippen LogP contribution in [0.25, 0.3) is 0 Å². The molecule has 2 aliphatic heterocycles. The average Bonchev–Trinajstić information content (AvgIpc) is 2.52. The first-order chi connectivity index (χ1) is 10.5. The van der Waals surface area contributed by atoms with Crippen LogP contribution in [0.1, 0.15) is 30.9 Å². The molecule has 1 amide bonds. The van der Waals surface area contributed by atoms with Gasteiger partial charge in [0.25, 0.3) is 0 Å². The standard InChI is InChI=1S/C17H21NO4/c1-17-9-11(10-19)6-16(20)18(17)5-4-12-7-14(21-2)15(22-3)8-13(12)17/h7-8,10-11H,4-6,9H2,1-3H3/t11-,17+/m0/s1. The van der Waals surface area contributed by atoms with Crippen LogP contribution >= 0.6 is 0 Å². The molecular weight excluding hydrogens is 282 g/mol. The minimum atomic E-state index is -0.450. The molecule has 118 valence electrons. The van der Waals surface area contributed by atoms with Crippen molar-refractivity contribution in [1.29, 1.82) is 0 Å². The summed E-state index contributed by atoms with van der Waals surface area (Å²) >= 11 is 0. The van der Waals surface area contributed by atoms with E-state index in [9.17, 15) is 9.59 Å². The minimum absolute atomic E-state index is 0.0614. The number of hydrogen-bond acceptors (Lipinski definition) is 4. The predicted octanol–water partition coefficient (Wildman–Crippen LogP) is 1.91. The molecule has 1 aromatic carbocycles. The van der Waals surface area contributed by atoms with Crippen LogP contribution in [-0.4, -0.2) is 37.9 Å². The molecular formula is C17H21NO4. The Morgan fingerprint density at radius 2 is 1.95 bits per heavy atom. The number of hydrogen-bond donors (Lipinski definition) is 0.